The number of hydrogen-bond donors (Lipinski definition) is 0. The van der Waals surface area contributed by atoms with Crippen LogP contribution in [0.1, 0.15) is 11.3 Å². The van der Waals surface area contributed by atoms with Crippen molar-refractivity contribution in [2.24, 2.45) is 0 Å². The molecule has 1 heteroatoms. The van der Waals surface area contributed by atoms with E-state index < -0.39 is 0 Å². The summed E-state index contributed by atoms with van der Waals surface area (Å²) in [6.07, 6.45) is 2.11. The third kappa shape index (κ3) is 1.99. The summed E-state index contributed by atoms with van der Waals surface area (Å²) in [6.45, 7) is 3.08. The van der Waals surface area contributed by atoms with Gasteiger partial charge in [0.05, 0.1) is 0 Å². The van der Waals surface area contributed by atoms with E-state index in [9.17, 15) is 0 Å². The molecule has 1 heterocycles. The second-order valence-electron chi connectivity index (χ2n) is 3.46. The van der Waals surface area contributed by atoms with E-state index in [4.69, 9.17) is 0 Å². The lowest BCUT2D eigenvalue weighted by Gasteiger charge is -1.99. The van der Waals surface area contributed by atoms with E-state index >= 15 is 0 Å². The zero-order valence-electron chi connectivity index (χ0n) is 8.35. The van der Waals surface area contributed by atoms with Gasteiger partial charge in [-0.15, -0.1) is 0 Å². The third-order valence-corrected chi connectivity index (χ3v) is 2.36. The fourth-order valence-corrected chi connectivity index (χ4v) is 1.52. The highest BCUT2D eigenvalue weighted by atomic mass is 14.9. The first-order valence-corrected chi connectivity index (χ1v) is 4.85. The SMILES string of the molecule is Cc1cccc[n+]1Cc1ccccc1. The maximum Gasteiger partial charge on any atom is 0.178 e. The van der Waals surface area contributed by atoms with Gasteiger partial charge in [0.15, 0.2) is 18.4 Å². The molecule has 70 valence electrons. The van der Waals surface area contributed by atoms with Crippen LogP contribution in [0.2, 0.25) is 0 Å². The Kier molecular flexibility index (Phi) is 2.59. The van der Waals surface area contributed by atoms with Crippen molar-refractivity contribution >= 4 is 0 Å². The molecule has 1 aromatic heterocycles. The van der Waals surface area contributed by atoms with Crippen LogP contribution in [-0.4, -0.2) is 0 Å². The van der Waals surface area contributed by atoms with Gasteiger partial charge in [0.1, 0.15) is 0 Å². The highest BCUT2D eigenvalue weighted by Gasteiger charge is 2.04. The molecule has 0 N–H and O–H groups in total. The van der Waals surface area contributed by atoms with Crippen molar-refractivity contribution in [3.63, 3.8) is 0 Å². The average molecular weight is 184 g/mol. The van der Waals surface area contributed by atoms with Gasteiger partial charge in [0.25, 0.3) is 0 Å². The molecular weight excluding hydrogens is 170 g/mol. The first kappa shape index (κ1) is 8.95. The van der Waals surface area contributed by atoms with E-state index in [1.165, 1.54) is 11.3 Å². The molecule has 2 rings (SSSR count). The topological polar surface area (TPSA) is 3.88 Å². The van der Waals surface area contributed by atoms with Gasteiger partial charge in [0, 0.05) is 24.6 Å². The number of aryl methyl sites for hydroxylation is 1. The first-order chi connectivity index (χ1) is 6.86. The molecular formula is C13H14N+. The normalized spacial score (nSPS) is 10.1. The molecule has 0 radical (unpaired) electrons. The quantitative estimate of drug-likeness (QED) is 0.631. The monoisotopic (exact) mass is 184 g/mol. The lowest BCUT2D eigenvalue weighted by Crippen LogP contribution is -2.36. The Bertz CT molecular complexity index is 407. The zero-order valence-corrected chi connectivity index (χ0v) is 8.35. The van der Waals surface area contributed by atoms with Gasteiger partial charge in [0.2, 0.25) is 0 Å². The second-order valence-corrected chi connectivity index (χ2v) is 3.46. The Morgan fingerprint density at radius 3 is 2.36 bits per heavy atom. The summed E-state index contributed by atoms with van der Waals surface area (Å²) in [5, 5.41) is 0. The van der Waals surface area contributed by atoms with Crippen molar-refractivity contribution in [3.05, 3.63) is 66.0 Å². The van der Waals surface area contributed by atoms with Crippen molar-refractivity contribution < 1.29 is 4.57 Å². The molecule has 0 atom stereocenters. The van der Waals surface area contributed by atoms with Crippen molar-refractivity contribution in [2.75, 3.05) is 0 Å². The van der Waals surface area contributed by atoms with Gasteiger partial charge in [-0.3, -0.25) is 0 Å². The van der Waals surface area contributed by atoms with Gasteiger partial charge in [-0.1, -0.05) is 36.4 Å². The molecule has 0 aliphatic rings. The van der Waals surface area contributed by atoms with Crippen LogP contribution in [0.4, 0.5) is 0 Å². The van der Waals surface area contributed by atoms with E-state index in [-0.39, 0.29) is 0 Å². The highest BCUT2D eigenvalue weighted by Crippen LogP contribution is 1.98. The second kappa shape index (κ2) is 4.05. The molecule has 0 bridgehead atoms. The minimum Gasteiger partial charge on any atom is -0.198 e. The standard InChI is InChI=1S/C13H14N/c1-12-7-5-6-10-14(12)11-13-8-3-2-4-9-13/h2-10H,11H2,1H3/q+1. The van der Waals surface area contributed by atoms with Crippen LogP contribution in [0, 0.1) is 6.92 Å². The molecule has 0 unspecified atom stereocenters. The number of nitrogens with zero attached hydrogens (tertiary/aromatic N) is 1. The van der Waals surface area contributed by atoms with Gasteiger partial charge >= 0.3 is 0 Å². The Morgan fingerprint density at radius 2 is 1.64 bits per heavy atom. The average Bonchev–Trinajstić information content (AvgIpc) is 2.23. The summed E-state index contributed by atoms with van der Waals surface area (Å²) in [5.41, 5.74) is 2.63. The van der Waals surface area contributed by atoms with Crippen LogP contribution in [-0.2, 0) is 6.54 Å². The lowest BCUT2D eigenvalue weighted by atomic mass is 10.2. The Balaban J connectivity index is 2.24. The van der Waals surface area contributed by atoms with Gasteiger partial charge in [-0.25, -0.2) is 0 Å². The van der Waals surface area contributed by atoms with Crippen LogP contribution < -0.4 is 4.57 Å². The molecule has 14 heavy (non-hydrogen) atoms. The predicted octanol–water partition coefficient (Wildman–Crippen LogP) is 2.33. The van der Waals surface area contributed by atoms with Gasteiger partial charge in [-0.2, -0.15) is 4.57 Å². The summed E-state index contributed by atoms with van der Waals surface area (Å²) in [6, 6.07) is 16.8. The number of rotatable bonds is 2. The van der Waals surface area contributed by atoms with Crippen LogP contribution in [0.15, 0.2) is 54.7 Å². The van der Waals surface area contributed by atoms with E-state index in [2.05, 4.69) is 60.2 Å². The van der Waals surface area contributed by atoms with E-state index in [0.717, 1.165) is 6.54 Å². The Hall–Kier alpha value is -1.63. The van der Waals surface area contributed by atoms with Crippen molar-refractivity contribution in [1.29, 1.82) is 0 Å². The Morgan fingerprint density at radius 1 is 0.929 bits per heavy atom. The van der Waals surface area contributed by atoms with Crippen LogP contribution >= 0.6 is 0 Å². The summed E-state index contributed by atoms with van der Waals surface area (Å²) in [7, 11) is 0. The largest absolute Gasteiger partial charge is 0.198 e. The number of aromatic nitrogens is 1. The minimum absolute atomic E-state index is 0.952. The Labute approximate surface area is 84.6 Å². The van der Waals surface area contributed by atoms with Crippen molar-refractivity contribution in [2.45, 2.75) is 13.5 Å². The van der Waals surface area contributed by atoms with Crippen molar-refractivity contribution in [3.8, 4) is 0 Å². The fourth-order valence-electron chi connectivity index (χ4n) is 1.52. The molecule has 1 nitrogen and oxygen atoms in total. The summed E-state index contributed by atoms with van der Waals surface area (Å²) < 4.78 is 2.25. The lowest BCUT2D eigenvalue weighted by molar-refractivity contribution is -0.694. The molecule has 0 saturated heterocycles. The van der Waals surface area contributed by atoms with E-state index in [0.29, 0.717) is 0 Å². The predicted molar refractivity (Wildman–Crippen MR) is 56.9 cm³/mol. The van der Waals surface area contributed by atoms with Crippen molar-refractivity contribution in [1.82, 2.24) is 0 Å². The van der Waals surface area contributed by atoms with Crippen LogP contribution in [0.3, 0.4) is 0 Å². The third-order valence-electron chi connectivity index (χ3n) is 2.36. The summed E-state index contributed by atoms with van der Waals surface area (Å²) in [5.74, 6) is 0. The fraction of sp³-hybridized carbons (Fsp3) is 0.154. The number of benzene rings is 1. The molecule has 0 amide bonds. The molecule has 0 aliphatic heterocycles. The van der Waals surface area contributed by atoms with Gasteiger partial charge < -0.3 is 0 Å². The number of hydrogen-bond acceptors (Lipinski definition) is 0. The summed E-state index contributed by atoms with van der Waals surface area (Å²) >= 11 is 0. The maximum absolute atomic E-state index is 2.25. The maximum atomic E-state index is 2.25. The number of pyridine rings is 1. The highest BCUT2D eigenvalue weighted by molar-refractivity contribution is 5.13. The molecule has 0 saturated carbocycles. The van der Waals surface area contributed by atoms with Gasteiger partial charge in [-0.05, 0) is 0 Å². The molecule has 1 aromatic carbocycles. The van der Waals surface area contributed by atoms with Crippen LogP contribution in [0.25, 0.3) is 0 Å². The van der Waals surface area contributed by atoms with E-state index in [1.807, 2.05) is 6.07 Å². The molecule has 0 fully saturated rings. The van der Waals surface area contributed by atoms with E-state index in [1.54, 1.807) is 0 Å². The minimum atomic E-state index is 0.952. The molecule has 2 aromatic rings. The van der Waals surface area contributed by atoms with Crippen LogP contribution in [0.5, 0.6) is 0 Å². The smallest absolute Gasteiger partial charge is 0.178 e. The first-order valence-electron chi connectivity index (χ1n) is 4.85. The zero-order chi connectivity index (χ0) is 9.80. The summed E-state index contributed by atoms with van der Waals surface area (Å²) in [4.78, 5) is 0. The molecule has 0 spiro atoms. The molecule has 0 aliphatic carbocycles.